The van der Waals surface area contributed by atoms with Crippen molar-refractivity contribution in [3.05, 3.63) is 83.9 Å². The molecule has 3 N–H and O–H groups in total. The molecule has 16 heteroatoms. The van der Waals surface area contributed by atoms with Gasteiger partial charge in [-0.1, -0.05) is 56.3 Å². The maximum atomic E-state index is 14.4. The van der Waals surface area contributed by atoms with Gasteiger partial charge < -0.3 is 48.9 Å². The van der Waals surface area contributed by atoms with Gasteiger partial charge in [-0.25, -0.2) is 18.0 Å². The highest BCUT2D eigenvalue weighted by molar-refractivity contribution is 7.89. The van der Waals surface area contributed by atoms with Crippen molar-refractivity contribution < 1.29 is 56.3 Å². The van der Waals surface area contributed by atoms with Gasteiger partial charge in [0.25, 0.3) is 0 Å². The van der Waals surface area contributed by atoms with Crippen LogP contribution in [0.25, 0.3) is 0 Å². The summed E-state index contributed by atoms with van der Waals surface area (Å²) >= 11 is 0. The molecule has 2 saturated heterocycles. The number of hydrogen-bond acceptors (Lipinski definition) is 12. The second kappa shape index (κ2) is 18.6. The average Bonchev–Trinajstić information content (AvgIpc) is 3.95. The van der Waals surface area contributed by atoms with Gasteiger partial charge in [0, 0.05) is 26.2 Å². The summed E-state index contributed by atoms with van der Waals surface area (Å²) in [5, 5.41) is 17.2. The number of amides is 2. The molecule has 6 rings (SSSR count). The Morgan fingerprint density at radius 3 is 2.52 bits per heavy atom. The van der Waals surface area contributed by atoms with E-state index in [9.17, 15) is 23.1 Å². The normalized spacial score (nSPS) is 19.9. The summed E-state index contributed by atoms with van der Waals surface area (Å²) in [6.07, 6.45) is -1.87. The molecule has 15 nitrogen and oxygen atoms in total. The van der Waals surface area contributed by atoms with E-state index in [1.807, 2.05) is 68.4 Å². The van der Waals surface area contributed by atoms with Crippen molar-refractivity contribution in [1.82, 2.24) is 14.9 Å². The Morgan fingerprint density at radius 1 is 0.982 bits per heavy atom. The van der Waals surface area contributed by atoms with Crippen molar-refractivity contribution >= 4 is 22.2 Å². The van der Waals surface area contributed by atoms with Crippen LogP contribution in [0.3, 0.4) is 0 Å². The number of carbonyl (C=O) groups excluding carboxylic acids is 2. The van der Waals surface area contributed by atoms with Crippen molar-refractivity contribution in [2.45, 2.75) is 75.6 Å². The molecule has 0 spiro atoms. The third kappa shape index (κ3) is 10.8. The Kier molecular flexibility index (Phi) is 13.6. The quantitative estimate of drug-likeness (QED) is 0.153. The molecule has 56 heavy (non-hydrogen) atoms. The summed E-state index contributed by atoms with van der Waals surface area (Å²) in [5.41, 5.74) is 1.15. The van der Waals surface area contributed by atoms with Crippen molar-refractivity contribution in [2.75, 3.05) is 46.8 Å². The van der Waals surface area contributed by atoms with Crippen molar-refractivity contribution in [1.29, 1.82) is 0 Å². The summed E-state index contributed by atoms with van der Waals surface area (Å²) in [6.45, 7) is 4.62. The van der Waals surface area contributed by atoms with Crippen molar-refractivity contribution in [3.8, 4) is 17.2 Å². The minimum atomic E-state index is -4.25. The molecule has 5 atom stereocenters. The third-order valence-electron chi connectivity index (χ3n) is 10.1. The smallest absolute Gasteiger partial charge is 0.407 e. The highest BCUT2D eigenvalue weighted by Gasteiger charge is 2.44. The summed E-state index contributed by atoms with van der Waals surface area (Å²) in [7, 11) is -2.78. The number of hydrogen-bond donors (Lipinski definition) is 3. The van der Waals surface area contributed by atoms with E-state index in [-0.39, 0.29) is 50.3 Å². The van der Waals surface area contributed by atoms with Crippen molar-refractivity contribution in [3.63, 3.8) is 0 Å². The van der Waals surface area contributed by atoms with Crippen LogP contribution < -0.4 is 24.8 Å². The lowest BCUT2D eigenvalue weighted by Crippen LogP contribution is -2.52. The van der Waals surface area contributed by atoms with Gasteiger partial charge in [-0.2, -0.15) is 4.31 Å². The number of nitrogens with one attached hydrogen (secondary N) is 2. The Bertz CT molecular complexity index is 1880. The van der Waals surface area contributed by atoms with Gasteiger partial charge in [0.2, 0.25) is 16.8 Å². The Hall–Kier alpha value is -4.61. The summed E-state index contributed by atoms with van der Waals surface area (Å²) in [4.78, 5) is 25.0. The first-order chi connectivity index (χ1) is 26.9. The van der Waals surface area contributed by atoms with Gasteiger partial charge in [0.15, 0.2) is 17.8 Å². The minimum absolute atomic E-state index is 0.00604. The van der Waals surface area contributed by atoms with Crippen LogP contribution in [0.4, 0.5) is 9.59 Å². The van der Waals surface area contributed by atoms with Gasteiger partial charge in [0.1, 0.15) is 18.5 Å². The lowest BCUT2D eigenvalue weighted by Gasteiger charge is -2.35. The first-order valence-corrected chi connectivity index (χ1v) is 20.2. The number of alkyl carbamates (subject to hydrolysis) is 2. The predicted molar refractivity (Wildman–Crippen MR) is 203 cm³/mol. The minimum Gasteiger partial charge on any atom is -0.489 e. The Labute approximate surface area is 327 Å². The maximum Gasteiger partial charge on any atom is 0.407 e. The SMILES string of the molecule is CNC(=O)OCCCC(C)(C)CN(C[C@@H](O)[C@H](Cc1ccc(OCc2ccccc2)cc1)NC(=O)OC1CO[C@H]2OCC[C@@H]12)S(=O)(=O)c1ccc2c(c1)OCO2. The van der Waals surface area contributed by atoms with Crippen LogP contribution in [0.15, 0.2) is 77.7 Å². The van der Waals surface area contributed by atoms with Crippen LogP contribution in [-0.4, -0.2) is 101 Å². The molecule has 0 radical (unpaired) electrons. The molecule has 3 aromatic carbocycles. The molecule has 0 bridgehead atoms. The Morgan fingerprint density at radius 2 is 1.75 bits per heavy atom. The number of benzene rings is 3. The monoisotopic (exact) mass is 797 g/mol. The fraction of sp³-hybridized carbons (Fsp3) is 0.500. The van der Waals surface area contributed by atoms with Gasteiger partial charge in [-0.15, -0.1) is 0 Å². The first-order valence-electron chi connectivity index (χ1n) is 18.8. The zero-order valence-corrected chi connectivity index (χ0v) is 32.7. The maximum absolute atomic E-state index is 14.4. The van der Waals surface area contributed by atoms with E-state index in [0.29, 0.717) is 49.7 Å². The van der Waals surface area contributed by atoms with Gasteiger partial charge in [-0.3, -0.25) is 0 Å². The van der Waals surface area contributed by atoms with Crippen LogP contribution in [0.1, 0.15) is 44.2 Å². The standard InChI is InChI=1S/C40H51N3O12S/c1-40(2,17-7-18-50-38(45)41-3)25-43(56(47,48)30-14-15-34-35(21-30)54-26-53-34)22-33(44)32(42-39(46)55-36-24-52-37-31(36)16-19-49-37)20-27-10-12-29(13-11-27)51-23-28-8-5-4-6-9-28/h4-6,8-15,21,31-33,36-37,44H,7,16-20,22-26H2,1-3H3,(H,41,45)(H,42,46)/t31-,32-,33+,36?,37+/m0/s1. The zero-order chi connectivity index (χ0) is 39.7. The second-order valence-corrected chi connectivity index (χ2v) is 16.8. The number of carbonyl (C=O) groups is 2. The van der Waals surface area contributed by atoms with Crippen LogP contribution in [0.5, 0.6) is 17.2 Å². The topological polar surface area (TPSA) is 180 Å². The van der Waals surface area contributed by atoms with Crippen LogP contribution in [-0.2, 0) is 42.0 Å². The van der Waals surface area contributed by atoms with Gasteiger partial charge >= 0.3 is 12.2 Å². The van der Waals surface area contributed by atoms with E-state index in [1.165, 1.54) is 29.6 Å². The fourth-order valence-corrected chi connectivity index (χ4v) is 8.65. The summed E-state index contributed by atoms with van der Waals surface area (Å²) in [5.74, 6) is 1.26. The van der Waals surface area contributed by atoms with E-state index in [4.69, 9.17) is 33.2 Å². The summed E-state index contributed by atoms with van der Waals surface area (Å²) < 4.78 is 69.1. The molecule has 3 aliphatic heterocycles. The molecule has 304 valence electrons. The van der Waals surface area contributed by atoms with Gasteiger partial charge in [-0.05, 0) is 66.5 Å². The summed E-state index contributed by atoms with van der Waals surface area (Å²) in [6, 6.07) is 20.5. The van der Waals surface area contributed by atoms with E-state index in [1.54, 1.807) is 0 Å². The average molecular weight is 798 g/mol. The molecule has 0 aliphatic carbocycles. The number of ether oxygens (including phenoxy) is 7. The number of aliphatic hydroxyl groups is 1. The molecule has 2 fully saturated rings. The van der Waals surface area contributed by atoms with Crippen LogP contribution in [0, 0.1) is 11.3 Å². The van der Waals surface area contributed by atoms with Gasteiger partial charge in [0.05, 0.1) is 42.8 Å². The van der Waals surface area contributed by atoms with E-state index >= 15 is 0 Å². The van der Waals surface area contributed by atoms with Crippen molar-refractivity contribution in [2.24, 2.45) is 11.3 Å². The second-order valence-electron chi connectivity index (χ2n) is 14.9. The Balaban J connectivity index is 1.21. The molecule has 0 saturated carbocycles. The molecular formula is C40H51N3O12S. The largest absolute Gasteiger partial charge is 0.489 e. The zero-order valence-electron chi connectivity index (χ0n) is 31.9. The molecule has 2 amide bonds. The molecule has 3 aromatic rings. The van der Waals surface area contributed by atoms with Crippen LogP contribution >= 0.6 is 0 Å². The third-order valence-corrected chi connectivity index (χ3v) is 11.9. The number of nitrogens with zero attached hydrogens (tertiary/aromatic N) is 1. The lowest BCUT2D eigenvalue weighted by atomic mass is 9.87. The van der Waals surface area contributed by atoms with E-state index in [0.717, 1.165) is 11.1 Å². The van der Waals surface area contributed by atoms with E-state index in [2.05, 4.69) is 10.6 Å². The lowest BCUT2D eigenvalue weighted by molar-refractivity contribution is -0.0907. The number of rotatable bonds is 18. The molecule has 0 aromatic heterocycles. The van der Waals surface area contributed by atoms with Crippen LogP contribution in [0.2, 0.25) is 0 Å². The molecule has 3 aliphatic rings. The molecule has 3 heterocycles. The molecule has 1 unspecified atom stereocenters. The number of fused-ring (bicyclic) bond motifs is 2. The number of sulfonamides is 1. The molecular weight excluding hydrogens is 747 g/mol. The highest BCUT2D eigenvalue weighted by atomic mass is 32.2. The fourth-order valence-electron chi connectivity index (χ4n) is 6.98. The highest BCUT2D eigenvalue weighted by Crippen LogP contribution is 2.36. The predicted octanol–water partition coefficient (Wildman–Crippen LogP) is 4.61. The number of aliphatic hydroxyl groups excluding tert-OH is 1. The first kappa shape index (κ1) is 41.0. The van der Waals surface area contributed by atoms with E-state index < -0.39 is 52.2 Å².